The molecule has 4 heteroatoms. The molecule has 2 aromatic rings. The number of hydrogen-bond acceptors (Lipinski definition) is 3. The van der Waals surface area contributed by atoms with E-state index < -0.39 is 7.87 Å². The number of benzene rings is 2. The van der Waals surface area contributed by atoms with E-state index in [1.807, 2.05) is 0 Å². The minimum atomic E-state index is -2.58. The van der Waals surface area contributed by atoms with Crippen LogP contribution in [0.25, 0.3) is 0 Å². The summed E-state index contributed by atoms with van der Waals surface area (Å²) in [7, 11) is -2.58. The molecule has 2 aliphatic heterocycles. The third kappa shape index (κ3) is 2.57. The van der Waals surface area contributed by atoms with Gasteiger partial charge in [0.25, 0.3) is 0 Å². The van der Waals surface area contributed by atoms with Gasteiger partial charge in [-0.1, -0.05) is 0 Å². The van der Waals surface area contributed by atoms with Gasteiger partial charge >= 0.3 is 156 Å². The Kier molecular flexibility index (Phi) is 3.99. The fourth-order valence-corrected chi connectivity index (χ4v) is 8.80. The van der Waals surface area contributed by atoms with E-state index in [1.165, 1.54) is 47.7 Å². The van der Waals surface area contributed by atoms with Gasteiger partial charge in [-0.25, -0.2) is 0 Å². The zero-order valence-corrected chi connectivity index (χ0v) is 16.7. The van der Waals surface area contributed by atoms with E-state index in [0.29, 0.717) is 0 Å². The number of aryl methyl sites for hydroxylation is 2. The molecular formula is C22H28NO2P. The van der Waals surface area contributed by atoms with Crippen molar-refractivity contribution in [1.82, 2.24) is 4.67 Å². The van der Waals surface area contributed by atoms with Gasteiger partial charge in [-0.05, 0) is 0 Å². The first-order chi connectivity index (χ1) is 12.6. The normalized spacial score (nSPS) is 27.7. The molecule has 3 aliphatic rings. The molecule has 0 unspecified atom stereocenters. The van der Waals surface area contributed by atoms with Gasteiger partial charge in [-0.15, -0.1) is 0 Å². The van der Waals surface area contributed by atoms with E-state index in [1.54, 1.807) is 0 Å². The van der Waals surface area contributed by atoms with Crippen LogP contribution in [0, 0.1) is 0 Å². The quantitative estimate of drug-likeness (QED) is 0.724. The van der Waals surface area contributed by atoms with E-state index in [-0.39, 0.29) is 11.6 Å². The molecule has 1 aliphatic carbocycles. The predicted molar refractivity (Wildman–Crippen MR) is 108 cm³/mol. The van der Waals surface area contributed by atoms with Crippen molar-refractivity contribution in [3.8, 4) is 0 Å². The molecule has 26 heavy (non-hydrogen) atoms. The van der Waals surface area contributed by atoms with Gasteiger partial charge in [0.2, 0.25) is 0 Å². The van der Waals surface area contributed by atoms with Crippen LogP contribution in [0.5, 0.6) is 0 Å². The SMILES string of the molecule is CC1(C)CO[PH]2(c3ccc4c(c3)CCCC4)O[C@H](c3ccccc3)CN12. The summed E-state index contributed by atoms with van der Waals surface area (Å²) in [5, 5.41) is 1.29. The van der Waals surface area contributed by atoms with Crippen molar-refractivity contribution in [2.24, 2.45) is 0 Å². The monoisotopic (exact) mass is 369 g/mol. The predicted octanol–water partition coefficient (Wildman–Crippen LogP) is 4.57. The second kappa shape index (κ2) is 6.14. The van der Waals surface area contributed by atoms with Crippen molar-refractivity contribution >= 4 is 13.2 Å². The van der Waals surface area contributed by atoms with Crippen molar-refractivity contribution in [3.63, 3.8) is 0 Å². The second-order valence-electron chi connectivity index (χ2n) is 8.50. The number of nitrogens with zero attached hydrogens (tertiary/aromatic N) is 1. The van der Waals surface area contributed by atoms with Gasteiger partial charge in [0, 0.05) is 0 Å². The first-order valence-corrected chi connectivity index (χ1v) is 11.6. The molecule has 0 N–H and O–H groups in total. The zero-order valence-electron chi connectivity index (χ0n) is 15.7. The fourth-order valence-electron chi connectivity index (χ4n) is 4.77. The Morgan fingerprint density at radius 1 is 1.00 bits per heavy atom. The van der Waals surface area contributed by atoms with E-state index in [2.05, 4.69) is 67.0 Å². The Balaban J connectivity index is 1.56. The van der Waals surface area contributed by atoms with Gasteiger partial charge in [0.15, 0.2) is 0 Å². The molecule has 138 valence electrons. The standard InChI is InChI=1S/C22H28NO2P/c1-22(2)16-24-26(20-13-12-17-8-6-7-11-19(17)14-20)23(22)15-21(25-26)18-9-4-3-5-10-18/h3-5,9-10,12-14,21,26H,6-8,11,15-16H2,1-2H3/t21-/m0/s1. The fraction of sp³-hybridized carbons (Fsp3) is 0.455. The first kappa shape index (κ1) is 16.9. The zero-order chi connectivity index (χ0) is 17.8. The summed E-state index contributed by atoms with van der Waals surface area (Å²) in [6.45, 7) is 6.24. The molecule has 2 saturated heterocycles. The van der Waals surface area contributed by atoms with Gasteiger partial charge in [0.1, 0.15) is 0 Å². The molecule has 0 aromatic heterocycles. The average Bonchev–Trinajstić information content (AvgIpc) is 3.19. The molecule has 0 amide bonds. The average molecular weight is 369 g/mol. The Bertz CT molecular complexity index is 822. The molecule has 2 fully saturated rings. The molecule has 0 saturated carbocycles. The van der Waals surface area contributed by atoms with Crippen LogP contribution in [0.2, 0.25) is 0 Å². The maximum absolute atomic E-state index is 6.81. The van der Waals surface area contributed by atoms with Crippen LogP contribution < -0.4 is 5.30 Å². The topological polar surface area (TPSA) is 21.7 Å². The third-order valence-corrected chi connectivity index (χ3v) is 9.92. The summed E-state index contributed by atoms with van der Waals surface area (Å²) in [4.78, 5) is 0. The number of rotatable bonds is 2. The van der Waals surface area contributed by atoms with Crippen molar-refractivity contribution < 1.29 is 9.05 Å². The van der Waals surface area contributed by atoms with E-state index in [4.69, 9.17) is 9.05 Å². The van der Waals surface area contributed by atoms with Crippen LogP contribution in [0.1, 0.15) is 49.5 Å². The van der Waals surface area contributed by atoms with E-state index >= 15 is 0 Å². The van der Waals surface area contributed by atoms with Gasteiger partial charge in [0.05, 0.1) is 0 Å². The molecular weight excluding hydrogens is 341 g/mol. The molecule has 0 spiro atoms. The molecule has 3 nitrogen and oxygen atoms in total. The minimum absolute atomic E-state index is 0.0195. The molecule has 0 radical (unpaired) electrons. The van der Waals surface area contributed by atoms with Crippen molar-refractivity contribution in [2.45, 2.75) is 51.2 Å². The maximum atomic E-state index is 6.81. The van der Waals surface area contributed by atoms with Gasteiger partial charge in [-0.3, -0.25) is 0 Å². The Morgan fingerprint density at radius 2 is 1.77 bits per heavy atom. The third-order valence-electron chi connectivity index (χ3n) is 6.24. The van der Waals surface area contributed by atoms with Crippen LogP contribution in [0.4, 0.5) is 0 Å². The van der Waals surface area contributed by atoms with Crippen LogP contribution >= 0.6 is 7.87 Å². The van der Waals surface area contributed by atoms with Crippen molar-refractivity contribution in [2.75, 3.05) is 13.2 Å². The molecule has 5 rings (SSSR count). The Hall–Kier alpha value is -1.25. The Morgan fingerprint density at radius 3 is 2.58 bits per heavy atom. The van der Waals surface area contributed by atoms with Crippen molar-refractivity contribution in [3.05, 3.63) is 65.2 Å². The summed E-state index contributed by atoms with van der Waals surface area (Å²) < 4.78 is 15.9. The van der Waals surface area contributed by atoms with Crippen LogP contribution in [-0.4, -0.2) is 23.4 Å². The number of hydrogen-bond donors (Lipinski definition) is 0. The second-order valence-corrected chi connectivity index (χ2v) is 11.3. The van der Waals surface area contributed by atoms with Gasteiger partial charge < -0.3 is 0 Å². The number of fused-ring (bicyclic) bond motifs is 2. The van der Waals surface area contributed by atoms with Crippen molar-refractivity contribution in [1.29, 1.82) is 0 Å². The summed E-state index contributed by atoms with van der Waals surface area (Å²) in [5.41, 5.74) is 4.31. The molecule has 1 atom stereocenters. The van der Waals surface area contributed by atoms with Gasteiger partial charge in [-0.2, -0.15) is 0 Å². The first-order valence-electron chi connectivity index (χ1n) is 9.85. The summed E-state index contributed by atoms with van der Waals surface area (Å²) >= 11 is 0. The Labute approximate surface area is 156 Å². The summed E-state index contributed by atoms with van der Waals surface area (Å²) in [6.07, 6.45) is 5.12. The van der Waals surface area contributed by atoms with Crippen LogP contribution in [-0.2, 0) is 21.9 Å². The summed E-state index contributed by atoms with van der Waals surface area (Å²) in [6, 6.07) is 17.6. The van der Waals surface area contributed by atoms with Crippen LogP contribution in [0.15, 0.2) is 48.5 Å². The molecule has 0 bridgehead atoms. The van der Waals surface area contributed by atoms with Crippen LogP contribution in [0.3, 0.4) is 0 Å². The molecule has 2 heterocycles. The van der Waals surface area contributed by atoms with E-state index in [9.17, 15) is 0 Å². The molecule has 2 aromatic carbocycles. The summed E-state index contributed by atoms with van der Waals surface area (Å²) in [5.74, 6) is 0. The van der Waals surface area contributed by atoms with E-state index in [0.717, 1.165) is 13.2 Å².